The Morgan fingerprint density at radius 2 is 2.33 bits per heavy atom. The first-order chi connectivity index (χ1) is 4.22. The lowest BCUT2D eigenvalue weighted by molar-refractivity contribution is 0.280. The van der Waals surface area contributed by atoms with Crippen LogP contribution < -0.4 is 5.73 Å². The first-order valence-corrected chi connectivity index (χ1v) is 3.67. The Balaban J connectivity index is 2.40. The maximum atomic E-state index is 5.75. The van der Waals surface area contributed by atoms with Gasteiger partial charge in [-0.25, -0.2) is 0 Å². The fourth-order valence-corrected chi connectivity index (χ4v) is 1.60. The molecule has 1 aliphatic rings. The van der Waals surface area contributed by atoms with Crippen molar-refractivity contribution in [2.75, 3.05) is 13.6 Å². The molecular weight excluding hydrogens is 112 g/mol. The lowest BCUT2D eigenvalue weighted by Crippen LogP contribution is -2.39. The van der Waals surface area contributed by atoms with Crippen molar-refractivity contribution in [1.82, 2.24) is 4.90 Å². The number of rotatable bonds is 1. The summed E-state index contributed by atoms with van der Waals surface area (Å²) in [6.45, 7) is 3.32. The number of hydrogen-bond acceptors (Lipinski definition) is 2. The van der Waals surface area contributed by atoms with Gasteiger partial charge in [0.15, 0.2) is 0 Å². The van der Waals surface area contributed by atoms with E-state index in [4.69, 9.17) is 5.73 Å². The van der Waals surface area contributed by atoms with Crippen molar-refractivity contribution in [3.05, 3.63) is 0 Å². The van der Waals surface area contributed by atoms with Crippen molar-refractivity contribution in [1.29, 1.82) is 0 Å². The summed E-state index contributed by atoms with van der Waals surface area (Å²) in [5.41, 5.74) is 5.75. The average Bonchev–Trinajstić information content (AvgIpc) is 2.13. The molecule has 0 aromatic rings. The van der Waals surface area contributed by atoms with Crippen LogP contribution in [-0.4, -0.2) is 30.6 Å². The van der Waals surface area contributed by atoms with Crippen LogP contribution in [0, 0.1) is 0 Å². The number of likely N-dealkylation sites (N-methyl/N-ethyl adjacent to an activating group) is 1. The second-order valence-electron chi connectivity index (χ2n) is 3.05. The van der Waals surface area contributed by atoms with Gasteiger partial charge >= 0.3 is 0 Å². The summed E-state index contributed by atoms with van der Waals surface area (Å²) < 4.78 is 0. The molecule has 1 rings (SSSR count). The SMILES string of the molecule is C[C@H](N)C1CCCN1C. The zero-order valence-corrected chi connectivity index (χ0v) is 6.30. The highest BCUT2D eigenvalue weighted by molar-refractivity contribution is 4.82. The molecule has 0 radical (unpaired) electrons. The van der Waals surface area contributed by atoms with Gasteiger partial charge in [0.1, 0.15) is 0 Å². The second kappa shape index (κ2) is 2.67. The minimum atomic E-state index is 0.345. The molecule has 0 saturated carbocycles. The minimum Gasteiger partial charge on any atom is -0.327 e. The fourth-order valence-electron chi connectivity index (χ4n) is 1.60. The Labute approximate surface area is 57.0 Å². The van der Waals surface area contributed by atoms with E-state index in [0.717, 1.165) is 0 Å². The average molecular weight is 128 g/mol. The van der Waals surface area contributed by atoms with Crippen LogP contribution in [0.4, 0.5) is 0 Å². The monoisotopic (exact) mass is 128 g/mol. The number of nitrogens with two attached hydrogens (primary N) is 1. The third-order valence-electron chi connectivity index (χ3n) is 2.18. The van der Waals surface area contributed by atoms with E-state index in [0.29, 0.717) is 12.1 Å². The Kier molecular flexibility index (Phi) is 2.09. The molecule has 1 aliphatic heterocycles. The van der Waals surface area contributed by atoms with Crippen molar-refractivity contribution < 1.29 is 0 Å². The molecule has 0 aliphatic carbocycles. The van der Waals surface area contributed by atoms with Crippen molar-refractivity contribution in [3.63, 3.8) is 0 Å². The van der Waals surface area contributed by atoms with Crippen LogP contribution >= 0.6 is 0 Å². The molecular formula is C7H16N2. The summed E-state index contributed by atoms with van der Waals surface area (Å²) in [4.78, 5) is 2.35. The molecule has 2 atom stereocenters. The first kappa shape index (κ1) is 7.03. The summed E-state index contributed by atoms with van der Waals surface area (Å²) in [7, 11) is 2.15. The van der Waals surface area contributed by atoms with Crippen LogP contribution in [0.2, 0.25) is 0 Å². The Morgan fingerprint density at radius 1 is 1.67 bits per heavy atom. The van der Waals surface area contributed by atoms with Gasteiger partial charge in [0.25, 0.3) is 0 Å². The predicted molar refractivity (Wildman–Crippen MR) is 39.3 cm³/mol. The molecule has 1 saturated heterocycles. The molecule has 1 heterocycles. The number of hydrogen-bond donors (Lipinski definition) is 1. The maximum Gasteiger partial charge on any atom is 0.0241 e. The standard InChI is InChI=1S/C7H16N2/c1-6(8)7-4-3-5-9(7)2/h6-7H,3-5,8H2,1-2H3/t6-,7?/m0/s1. The van der Waals surface area contributed by atoms with Crippen LogP contribution in [0.15, 0.2) is 0 Å². The van der Waals surface area contributed by atoms with Crippen LogP contribution in [0.25, 0.3) is 0 Å². The predicted octanol–water partition coefficient (Wildman–Crippen LogP) is 0.428. The highest BCUT2D eigenvalue weighted by Crippen LogP contribution is 2.16. The fraction of sp³-hybridized carbons (Fsp3) is 1.00. The zero-order chi connectivity index (χ0) is 6.85. The van der Waals surface area contributed by atoms with Gasteiger partial charge in [0.05, 0.1) is 0 Å². The Bertz CT molecular complexity index is 90.9. The highest BCUT2D eigenvalue weighted by Gasteiger charge is 2.23. The van der Waals surface area contributed by atoms with Crippen molar-refractivity contribution in [2.45, 2.75) is 31.8 Å². The quantitative estimate of drug-likeness (QED) is 0.555. The van der Waals surface area contributed by atoms with E-state index in [9.17, 15) is 0 Å². The third kappa shape index (κ3) is 1.43. The highest BCUT2D eigenvalue weighted by atomic mass is 15.2. The largest absolute Gasteiger partial charge is 0.327 e. The van der Waals surface area contributed by atoms with Crippen LogP contribution in [0.1, 0.15) is 19.8 Å². The first-order valence-electron chi connectivity index (χ1n) is 3.67. The summed E-state index contributed by atoms with van der Waals surface area (Å²) in [5.74, 6) is 0. The molecule has 0 aromatic carbocycles. The van der Waals surface area contributed by atoms with Crippen molar-refractivity contribution >= 4 is 0 Å². The Morgan fingerprint density at radius 3 is 2.56 bits per heavy atom. The van der Waals surface area contributed by atoms with Gasteiger partial charge in [-0.15, -0.1) is 0 Å². The van der Waals surface area contributed by atoms with E-state index in [1.807, 2.05) is 0 Å². The van der Waals surface area contributed by atoms with E-state index >= 15 is 0 Å². The van der Waals surface area contributed by atoms with E-state index in [-0.39, 0.29) is 0 Å². The molecule has 9 heavy (non-hydrogen) atoms. The molecule has 54 valence electrons. The number of nitrogens with zero attached hydrogens (tertiary/aromatic N) is 1. The maximum absolute atomic E-state index is 5.75. The van der Waals surface area contributed by atoms with Crippen LogP contribution in [-0.2, 0) is 0 Å². The van der Waals surface area contributed by atoms with E-state index in [1.165, 1.54) is 19.4 Å². The molecule has 1 unspecified atom stereocenters. The lowest BCUT2D eigenvalue weighted by Gasteiger charge is -2.22. The van der Waals surface area contributed by atoms with Gasteiger partial charge in [-0.2, -0.15) is 0 Å². The second-order valence-corrected chi connectivity index (χ2v) is 3.05. The summed E-state index contributed by atoms with van der Waals surface area (Å²) in [6, 6.07) is 0.988. The normalized spacial score (nSPS) is 33.0. The van der Waals surface area contributed by atoms with E-state index in [1.54, 1.807) is 0 Å². The molecule has 2 nitrogen and oxygen atoms in total. The smallest absolute Gasteiger partial charge is 0.0241 e. The van der Waals surface area contributed by atoms with Crippen LogP contribution in [0.5, 0.6) is 0 Å². The van der Waals surface area contributed by atoms with Gasteiger partial charge in [0, 0.05) is 12.1 Å². The zero-order valence-electron chi connectivity index (χ0n) is 6.30. The molecule has 1 fully saturated rings. The van der Waals surface area contributed by atoms with Crippen molar-refractivity contribution in [2.24, 2.45) is 5.73 Å². The third-order valence-corrected chi connectivity index (χ3v) is 2.18. The van der Waals surface area contributed by atoms with Crippen LogP contribution in [0.3, 0.4) is 0 Å². The Hall–Kier alpha value is -0.0800. The van der Waals surface area contributed by atoms with E-state index < -0.39 is 0 Å². The van der Waals surface area contributed by atoms with Gasteiger partial charge in [-0.05, 0) is 33.4 Å². The topological polar surface area (TPSA) is 29.3 Å². The molecule has 0 spiro atoms. The summed E-state index contributed by atoms with van der Waals surface area (Å²) in [6.07, 6.45) is 2.61. The summed E-state index contributed by atoms with van der Waals surface area (Å²) >= 11 is 0. The van der Waals surface area contributed by atoms with Gasteiger partial charge in [0.2, 0.25) is 0 Å². The van der Waals surface area contributed by atoms with Crippen molar-refractivity contribution in [3.8, 4) is 0 Å². The van der Waals surface area contributed by atoms with Gasteiger partial charge in [-0.1, -0.05) is 0 Å². The summed E-state index contributed by atoms with van der Waals surface area (Å²) in [5, 5.41) is 0. The molecule has 0 aromatic heterocycles. The molecule has 0 bridgehead atoms. The van der Waals surface area contributed by atoms with Gasteiger partial charge < -0.3 is 10.6 Å². The molecule has 2 N–H and O–H groups in total. The molecule has 2 heteroatoms. The number of likely N-dealkylation sites (tertiary alicyclic amines) is 1. The van der Waals surface area contributed by atoms with E-state index in [2.05, 4.69) is 18.9 Å². The van der Waals surface area contributed by atoms with Gasteiger partial charge in [-0.3, -0.25) is 0 Å². The lowest BCUT2D eigenvalue weighted by atomic mass is 10.1. The minimum absolute atomic E-state index is 0.345. The molecule has 0 amide bonds.